The van der Waals surface area contributed by atoms with E-state index in [0.29, 0.717) is 30.9 Å². The second kappa shape index (κ2) is 8.14. The van der Waals surface area contributed by atoms with Crippen LogP contribution >= 0.6 is 11.6 Å². The highest BCUT2D eigenvalue weighted by Crippen LogP contribution is 2.26. The topological polar surface area (TPSA) is 40.6 Å². The molecule has 0 radical (unpaired) electrons. The summed E-state index contributed by atoms with van der Waals surface area (Å²) in [5, 5.41) is 0. The van der Waals surface area contributed by atoms with E-state index >= 15 is 0 Å². The summed E-state index contributed by atoms with van der Waals surface area (Å²) in [5.41, 5.74) is 0. The van der Waals surface area contributed by atoms with Crippen molar-refractivity contribution in [2.24, 2.45) is 5.92 Å². The molecule has 1 saturated carbocycles. The number of alkyl halides is 1. The third kappa shape index (κ3) is 5.38. The number of nitrogens with zero attached hydrogens (tertiary/aromatic N) is 2. The number of halogens is 1. The van der Waals surface area contributed by atoms with E-state index in [1.165, 1.54) is 38.4 Å². The minimum Gasteiger partial charge on any atom is -0.299 e. The fraction of sp³-hybridized carbons (Fsp3) is 1.00. The Balaban J connectivity index is 1.92. The van der Waals surface area contributed by atoms with Crippen LogP contribution in [0.15, 0.2) is 0 Å². The highest BCUT2D eigenvalue weighted by atomic mass is 35.5. The molecule has 1 unspecified atom stereocenters. The fourth-order valence-electron chi connectivity index (χ4n) is 3.79. The monoisotopic (exact) mass is 336 g/mol. The van der Waals surface area contributed by atoms with Crippen LogP contribution in [0.3, 0.4) is 0 Å². The maximum Gasteiger partial charge on any atom is 0.211 e. The minimum absolute atomic E-state index is 0.457. The van der Waals surface area contributed by atoms with Crippen molar-refractivity contribution in [3.63, 3.8) is 0 Å². The standard InChI is InChI=1S/C15H29ClN2O2S/c1-21(19,20)18-10-5-6-14(13-18)12-17(11-9-16)15-7-3-2-4-8-15/h14-15H,2-13H2,1H3. The summed E-state index contributed by atoms with van der Waals surface area (Å²) in [4.78, 5) is 2.53. The maximum absolute atomic E-state index is 11.7. The highest BCUT2D eigenvalue weighted by molar-refractivity contribution is 7.88. The number of hydrogen-bond acceptors (Lipinski definition) is 3. The summed E-state index contributed by atoms with van der Waals surface area (Å²) in [7, 11) is -3.04. The zero-order valence-corrected chi connectivity index (χ0v) is 14.7. The molecule has 0 aromatic rings. The molecule has 2 fully saturated rings. The third-order valence-electron chi connectivity index (χ3n) is 4.91. The smallest absolute Gasteiger partial charge is 0.211 e. The van der Waals surface area contributed by atoms with Gasteiger partial charge in [-0.05, 0) is 31.6 Å². The van der Waals surface area contributed by atoms with Crippen LogP contribution in [0.1, 0.15) is 44.9 Å². The molecule has 4 nitrogen and oxygen atoms in total. The van der Waals surface area contributed by atoms with E-state index < -0.39 is 10.0 Å². The Labute approximate surface area is 134 Å². The Morgan fingerprint density at radius 2 is 1.86 bits per heavy atom. The summed E-state index contributed by atoms with van der Waals surface area (Å²) < 4.78 is 25.1. The molecular formula is C15H29ClN2O2S. The Morgan fingerprint density at radius 3 is 2.48 bits per heavy atom. The van der Waals surface area contributed by atoms with Crippen molar-refractivity contribution in [3.05, 3.63) is 0 Å². The lowest BCUT2D eigenvalue weighted by atomic mass is 9.92. The summed E-state index contributed by atoms with van der Waals surface area (Å²) in [6.07, 6.45) is 10.0. The second-order valence-electron chi connectivity index (χ2n) is 6.61. The van der Waals surface area contributed by atoms with Crippen LogP contribution in [0.2, 0.25) is 0 Å². The van der Waals surface area contributed by atoms with Gasteiger partial charge in [0, 0.05) is 38.1 Å². The van der Waals surface area contributed by atoms with E-state index in [9.17, 15) is 8.42 Å². The number of rotatable bonds is 6. The molecule has 124 valence electrons. The van der Waals surface area contributed by atoms with Crippen molar-refractivity contribution in [3.8, 4) is 0 Å². The summed E-state index contributed by atoms with van der Waals surface area (Å²) >= 11 is 5.99. The van der Waals surface area contributed by atoms with Crippen molar-refractivity contribution in [2.45, 2.75) is 51.0 Å². The first-order valence-corrected chi connectivity index (χ1v) is 10.6. The molecule has 0 N–H and O–H groups in total. The van der Waals surface area contributed by atoms with Crippen LogP contribution in [-0.2, 0) is 10.0 Å². The van der Waals surface area contributed by atoms with Crippen LogP contribution in [0, 0.1) is 5.92 Å². The van der Waals surface area contributed by atoms with Gasteiger partial charge in [-0.3, -0.25) is 4.90 Å². The summed E-state index contributed by atoms with van der Waals surface area (Å²) in [6, 6.07) is 0.658. The quantitative estimate of drug-likeness (QED) is 0.700. The molecule has 6 heteroatoms. The van der Waals surface area contributed by atoms with Crippen LogP contribution < -0.4 is 0 Å². The molecule has 0 aromatic heterocycles. The molecular weight excluding hydrogens is 308 g/mol. The predicted molar refractivity (Wildman–Crippen MR) is 88.3 cm³/mol. The fourth-order valence-corrected chi connectivity index (χ4v) is 4.95. The molecule has 2 aliphatic rings. The SMILES string of the molecule is CS(=O)(=O)N1CCCC(CN(CCCl)C2CCCCC2)C1. The largest absolute Gasteiger partial charge is 0.299 e. The van der Waals surface area contributed by atoms with E-state index in [-0.39, 0.29) is 0 Å². The van der Waals surface area contributed by atoms with Gasteiger partial charge in [0.25, 0.3) is 0 Å². The lowest BCUT2D eigenvalue weighted by molar-refractivity contribution is 0.119. The van der Waals surface area contributed by atoms with Gasteiger partial charge in [0.1, 0.15) is 0 Å². The molecule has 1 aliphatic carbocycles. The summed E-state index contributed by atoms with van der Waals surface area (Å²) in [5.74, 6) is 1.12. The van der Waals surface area contributed by atoms with Crippen LogP contribution in [0.5, 0.6) is 0 Å². The van der Waals surface area contributed by atoms with E-state index in [0.717, 1.165) is 25.9 Å². The molecule has 1 atom stereocenters. The average Bonchev–Trinajstić information content (AvgIpc) is 2.47. The van der Waals surface area contributed by atoms with Gasteiger partial charge in [-0.2, -0.15) is 0 Å². The Hall–Kier alpha value is 0.160. The molecule has 0 aromatic carbocycles. The predicted octanol–water partition coefficient (Wildman–Crippen LogP) is 2.53. The van der Waals surface area contributed by atoms with Gasteiger partial charge < -0.3 is 0 Å². The zero-order chi connectivity index (χ0) is 15.3. The molecule has 21 heavy (non-hydrogen) atoms. The van der Waals surface area contributed by atoms with Crippen molar-refractivity contribution in [1.29, 1.82) is 0 Å². The van der Waals surface area contributed by atoms with Gasteiger partial charge in [-0.15, -0.1) is 11.6 Å². The molecule has 0 spiro atoms. The molecule has 2 rings (SSSR count). The van der Waals surface area contributed by atoms with Gasteiger partial charge in [-0.25, -0.2) is 12.7 Å². The normalized spacial score (nSPS) is 26.3. The Morgan fingerprint density at radius 1 is 1.14 bits per heavy atom. The van der Waals surface area contributed by atoms with Crippen molar-refractivity contribution in [2.75, 3.05) is 38.3 Å². The average molecular weight is 337 g/mol. The van der Waals surface area contributed by atoms with Crippen LogP contribution in [-0.4, -0.2) is 62.0 Å². The van der Waals surface area contributed by atoms with E-state index in [1.807, 2.05) is 0 Å². The second-order valence-corrected chi connectivity index (χ2v) is 8.97. The molecule has 1 aliphatic heterocycles. The van der Waals surface area contributed by atoms with Crippen LogP contribution in [0.4, 0.5) is 0 Å². The van der Waals surface area contributed by atoms with Crippen LogP contribution in [0.25, 0.3) is 0 Å². The van der Waals surface area contributed by atoms with E-state index in [4.69, 9.17) is 11.6 Å². The first-order chi connectivity index (χ1) is 10.0. The van der Waals surface area contributed by atoms with Gasteiger partial charge in [0.15, 0.2) is 0 Å². The zero-order valence-electron chi connectivity index (χ0n) is 13.1. The first kappa shape index (κ1) is 17.5. The Bertz CT molecular complexity index is 410. The maximum atomic E-state index is 11.7. The minimum atomic E-state index is -3.04. The van der Waals surface area contributed by atoms with Crippen molar-refractivity contribution >= 4 is 21.6 Å². The van der Waals surface area contributed by atoms with Crippen molar-refractivity contribution in [1.82, 2.24) is 9.21 Å². The Kier molecular flexibility index (Phi) is 6.79. The highest BCUT2D eigenvalue weighted by Gasteiger charge is 2.29. The molecule has 0 bridgehead atoms. The summed E-state index contributed by atoms with van der Waals surface area (Å²) in [6.45, 7) is 3.31. The van der Waals surface area contributed by atoms with E-state index in [1.54, 1.807) is 4.31 Å². The number of hydrogen-bond donors (Lipinski definition) is 0. The number of piperidine rings is 1. The molecule has 1 saturated heterocycles. The van der Waals surface area contributed by atoms with Gasteiger partial charge >= 0.3 is 0 Å². The van der Waals surface area contributed by atoms with Gasteiger partial charge in [0.2, 0.25) is 10.0 Å². The lowest BCUT2D eigenvalue weighted by Crippen LogP contribution is -2.46. The van der Waals surface area contributed by atoms with Gasteiger partial charge in [0.05, 0.1) is 6.26 Å². The van der Waals surface area contributed by atoms with E-state index in [2.05, 4.69) is 4.90 Å². The van der Waals surface area contributed by atoms with Gasteiger partial charge in [-0.1, -0.05) is 19.3 Å². The number of sulfonamides is 1. The molecule has 0 amide bonds. The van der Waals surface area contributed by atoms with Crippen molar-refractivity contribution < 1.29 is 8.42 Å². The third-order valence-corrected chi connectivity index (χ3v) is 6.34. The lowest BCUT2D eigenvalue weighted by Gasteiger charge is -2.39. The first-order valence-electron chi connectivity index (χ1n) is 8.26. The molecule has 1 heterocycles.